The molecular weight excluding hydrogens is 256 g/mol. The maximum atomic E-state index is 11.9. The van der Waals surface area contributed by atoms with Gasteiger partial charge in [0.05, 0.1) is 0 Å². The molecule has 0 aliphatic carbocycles. The smallest absolute Gasteiger partial charge is 0.328 e. The van der Waals surface area contributed by atoms with Crippen LogP contribution in [0.15, 0.2) is 30.3 Å². The van der Waals surface area contributed by atoms with E-state index >= 15 is 0 Å². The van der Waals surface area contributed by atoms with E-state index in [1.165, 1.54) is 6.08 Å². The van der Waals surface area contributed by atoms with E-state index in [-0.39, 0.29) is 5.91 Å². The SMILES string of the molecule is O=C(O)/C=C/c1cccc(NC(=O)CC2CCNC2)c1. The van der Waals surface area contributed by atoms with Gasteiger partial charge in [-0.1, -0.05) is 12.1 Å². The Bertz CT molecular complexity index is 520. The summed E-state index contributed by atoms with van der Waals surface area (Å²) >= 11 is 0. The number of carbonyl (C=O) groups is 2. The van der Waals surface area contributed by atoms with E-state index in [4.69, 9.17) is 5.11 Å². The number of aliphatic carboxylic acids is 1. The van der Waals surface area contributed by atoms with Crippen molar-refractivity contribution >= 4 is 23.6 Å². The van der Waals surface area contributed by atoms with E-state index in [2.05, 4.69) is 10.6 Å². The summed E-state index contributed by atoms with van der Waals surface area (Å²) in [5.74, 6) is -0.587. The molecule has 1 heterocycles. The van der Waals surface area contributed by atoms with Gasteiger partial charge in [0, 0.05) is 18.2 Å². The minimum atomic E-state index is -0.992. The third-order valence-corrected chi connectivity index (χ3v) is 3.23. The molecule has 0 bridgehead atoms. The predicted octanol–water partition coefficient (Wildman–Crippen LogP) is 1.72. The molecule has 1 saturated heterocycles. The second-order valence-corrected chi connectivity index (χ2v) is 4.91. The molecule has 5 nitrogen and oxygen atoms in total. The number of anilines is 1. The van der Waals surface area contributed by atoms with Crippen molar-refractivity contribution in [1.82, 2.24) is 5.32 Å². The Hall–Kier alpha value is -2.14. The first-order chi connectivity index (χ1) is 9.63. The third kappa shape index (κ3) is 4.51. The highest BCUT2D eigenvalue weighted by Crippen LogP contribution is 2.16. The highest BCUT2D eigenvalue weighted by atomic mass is 16.4. The summed E-state index contributed by atoms with van der Waals surface area (Å²) in [6.45, 7) is 1.88. The standard InChI is InChI=1S/C15H18N2O3/c18-14(9-12-6-7-16-10-12)17-13-3-1-2-11(8-13)4-5-15(19)20/h1-5,8,12,16H,6-7,9-10H2,(H,17,18)(H,19,20)/b5-4+. The molecule has 1 aliphatic rings. The molecule has 3 N–H and O–H groups in total. The van der Waals surface area contributed by atoms with Crippen LogP contribution in [0.1, 0.15) is 18.4 Å². The van der Waals surface area contributed by atoms with Gasteiger partial charge in [-0.05, 0) is 49.2 Å². The second kappa shape index (κ2) is 6.86. The number of carboxylic acids is 1. The fourth-order valence-corrected chi connectivity index (χ4v) is 2.25. The van der Waals surface area contributed by atoms with Crippen LogP contribution < -0.4 is 10.6 Å². The highest BCUT2D eigenvalue weighted by molar-refractivity contribution is 5.91. The van der Waals surface area contributed by atoms with E-state index in [1.807, 2.05) is 0 Å². The highest BCUT2D eigenvalue weighted by Gasteiger charge is 2.17. The first-order valence-corrected chi connectivity index (χ1v) is 6.65. The Kier molecular flexibility index (Phi) is 4.90. The largest absolute Gasteiger partial charge is 0.478 e. The lowest BCUT2D eigenvalue weighted by atomic mass is 10.0. The molecule has 0 spiro atoms. The summed E-state index contributed by atoms with van der Waals surface area (Å²) in [5.41, 5.74) is 1.43. The number of nitrogens with one attached hydrogen (secondary N) is 2. The van der Waals surface area contributed by atoms with E-state index in [0.29, 0.717) is 18.0 Å². The summed E-state index contributed by atoms with van der Waals surface area (Å²) < 4.78 is 0. The fourth-order valence-electron chi connectivity index (χ4n) is 2.25. The third-order valence-electron chi connectivity index (χ3n) is 3.23. The van der Waals surface area contributed by atoms with Crippen molar-refractivity contribution in [2.75, 3.05) is 18.4 Å². The van der Waals surface area contributed by atoms with E-state index in [9.17, 15) is 9.59 Å². The van der Waals surface area contributed by atoms with Gasteiger partial charge in [0.15, 0.2) is 0 Å². The summed E-state index contributed by atoms with van der Waals surface area (Å²) in [6.07, 6.45) is 4.13. The Labute approximate surface area is 117 Å². The second-order valence-electron chi connectivity index (χ2n) is 4.91. The Morgan fingerprint density at radius 2 is 2.30 bits per heavy atom. The van der Waals surface area contributed by atoms with Crippen LogP contribution in [0.25, 0.3) is 6.08 Å². The maximum Gasteiger partial charge on any atom is 0.328 e. The van der Waals surface area contributed by atoms with Crippen LogP contribution in [-0.4, -0.2) is 30.1 Å². The average molecular weight is 274 g/mol. The lowest BCUT2D eigenvalue weighted by Crippen LogP contribution is -2.18. The summed E-state index contributed by atoms with van der Waals surface area (Å²) in [5, 5.41) is 14.7. The summed E-state index contributed by atoms with van der Waals surface area (Å²) in [4.78, 5) is 22.4. The number of carbonyl (C=O) groups excluding carboxylic acids is 1. The number of hydrogen-bond acceptors (Lipinski definition) is 3. The Morgan fingerprint density at radius 3 is 3.00 bits per heavy atom. The van der Waals surface area contributed by atoms with Gasteiger partial charge in [0.1, 0.15) is 0 Å². The molecule has 1 unspecified atom stereocenters. The molecule has 20 heavy (non-hydrogen) atoms. The van der Waals surface area contributed by atoms with Gasteiger partial charge < -0.3 is 15.7 Å². The first kappa shape index (κ1) is 14.3. The van der Waals surface area contributed by atoms with Gasteiger partial charge in [-0.25, -0.2) is 4.79 Å². The minimum absolute atomic E-state index is 0.00179. The molecule has 0 saturated carbocycles. The zero-order chi connectivity index (χ0) is 14.4. The van der Waals surface area contributed by atoms with Crippen molar-refractivity contribution in [1.29, 1.82) is 0 Å². The molecule has 1 aliphatic heterocycles. The molecular formula is C15H18N2O3. The Balaban J connectivity index is 1.93. The van der Waals surface area contributed by atoms with Gasteiger partial charge in [-0.15, -0.1) is 0 Å². The minimum Gasteiger partial charge on any atom is -0.478 e. The Morgan fingerprint density at radius 1 is 1.45 bits per heavy atom. The quantitative estimate of drug-likeness (QED) is 0.714. The van der Waals surface area contributed by atoms with Crippen LogP contribution in [0, 0.1) is 5.92 Å². The van der Waals surface area contributed by atoms with Crippen LogP contribution in [0.4, 0.5) is 5.69 Å². The van der Waals surface area contributed by atoms with Crippen molar-refractivity contribution in [3.8, 4) is 0 Å². The lowest BCUT2D eigenvalue weighted by molar-refractivity contribution is -0.131. The lowest BCUT2D eigenvalue weighted by Gasteiger charge is -2.09. The van der Waals surface area contributed by atoms with Crippen molar-refractivity contribution < 1.29 is 14.7 Å². The van der Waals surface area contributed by atoms with E-state index < -0.39 is 5.97 Å². The van der Waals surface area contributed by atoms with Crippen molar-refractivity contribution in [3.63, 3.8) is 0 Å². The summed E-state index contributed by atoms with van der Waals surface area (Å²) in [7, 11) is 0. The number of amides is 1. The number of rotatable bonds is 5. The van der Waals surface area contributed by atoms with E-state index in [1.54, 1.807) is 24.3 Å². The molecule has 0 radical (unpaired) electrons. The molecule has 5 heteroatoms. The van der Waals surface area contributed by atoms with Crippen LogP contribution >= 0.6 is 0 Å². The zero-order valence-electron chi connectivity index (χ0n) is 11.1. The normalized spacial score (nSPS) is 18.3. The molecule has 1 fully saturated rings. The van der Waals surface area contributed by atoms with Gasteiger partial charge in [0.25, 0.3) is 0 Å². The van der Waals surface area contributed by atoms with Gasteiger partial charge in [-0.2, -0.15) is 0 Å². The zero-order valence-corrected chi connectivity index (χ0v) is 11.1. The molecule has 1 atom stereocenters. The van der Waals surface area contributed by atoms with Crippen molar-refractivity contribution in [2.24, 2.45) is 5.92 Å². The molecule has 1 aromatic rings. The van der Waals surface area contributed by atoms with Crippen LogP contribution in [0.2, 0.25) is 0 Å². The number of benzene rings is 1. The molecule has 1 amide bonds. The first-order valence-electron chi connectivity index (χ1n) is 6.65. The van der Waals surface area contributed by atoms with Gasteiger partial charge >= 0.3 is 5.97 Å². The molecule has 0 aromatic heterocycles. The van der Waals surface area contributed by atoms with Crippen LogP contribution in [-0.2, 0) is 9.59 Å². The van der Waals surface area contributed by atoms with Crippen molar-refractivity contribution in [3.05, 3.63) is 35.9 Å². The summed E-state index contributed by atoms with van der Waals surface area (Å²) in [6, 6.07) is 7.12. The number of carboxylic acid groups (broad SMARTS) is 1. The van der Waals surface area contributed by atoms with Crippen molar-refractivity contribution in [2.45, 2.75) is 12.8 Å². The topological polar surface area (TPSA) is 78.4 Å². The molecule has 106 valence electrons. The maximum absolute atomic E-state index is 11.9. The van der Waals surface area contributed by atoms with E-state index in [0.717, 1.165) is 31.1 Å². The monoisotopic (exact) mass is 274 g/mol. The molecule has 2 rings (SSSR count). The van der Waals surface area contributed by atoms with Crippen LogP contribution in [0.3, 0.4) is 0 Å². The fraction of sp³-hybridized carbons (Fsp3) is 0.333. The molecule has 1 aromatic carbocycles. The average Bonchev–Trinajstić information content (AvgIpc) is 2.89. The number of hydrogen-bond donors (Lipinski definition) is 3. The van der Waals surface area contributed by atoms with Gasteiger partial charge in [-0.3, -0.25) is 4.79 Å². The predicted molar refractivity (Wildman–Crippen MR) is 77.3 cm³/mol. The van der Waals surface area contributed by atoms with Gasteiger partial charge in [0.2, 0.25) is 5.91 Å². The van der Waals surface area contributed by atoms with Crippen LogP contribution in [0.5, 0.6) is 0 Å².